The van der Waals surface area contributed by atoms with Crippen molar-refractivity contribution in [3.05, 3.63) is 30.3 Å². The minimum absolute atomic E-state index is 0.100. The van der Waals surface area contributed by atoms with Gasteiger partial charge in [0.05, 0.1) is 10.6 Å². The first-order valence-electron chi connectivity index (χ1n) is 4.74. The van der Waals surface area contributed by atoms with E-state index in [2.05, 4.69) is 4.40 Å². The van der Waals surface area contributed by atoms with E-state index in [9.17, 15) is 21.6 Å². The summed E-state index contributed by atoms with van der Waals surface area (Å²) in [5, 5.41) is 0. The zero-order valence-corrected chi connectivity index (χ0v) is 10.7. The molecule has 98 valence electrons. The second-order valence-electron chi connectivity index (χ2n) is 3.18. The maximum Gasteiger partial charge on any atom is 0.330 e. The van der Waals surface area contributed by atoms with Gasteiger partial charge in [0.15, 0.2) is 9.84 Å². The largest absolute Gasteiger partial charge is 0.330 e. The lowest BCUT2D eigenvalue weighted by atomic mass is 10.4. The number of benzene rings is 1. The second kappa shape index (κ2) is 5.87. The maximum absolute atomic E-state index is 11.7. The minimum Gasteiger partial charge on any atom is -0.224 e. The van der Waals surface area contributed by atoms with Crippen LogP contribution in [0.4, 0.5) is 0 Å². The summed E-state index contributed by atoms with van der Waals surface area (Å²) in [6.07, 6.45) is 0.862. The summed E-state index contributed by atoms with van der Waals surface area (Å²) in [5.74, 6) is -0.426. The maximum atomic E-state index is 11.7. The molecule has 18 heavy (non-hydrogen) atoms. The molecule has 0 saturated heterocycles. The van der Waals surface area contributed by atoms with Crippen LogP contribution in [0.15, 0.2) is 39.6 Å². The number of hydrogen-bond acceptors (Lipinski definition) is 5. The van der Waals surface area contributed by atoms with E-state index in [0.29, 0.717) is 0 Å². The lowest BCUT2D eigenvalue weighted by Crippen LogP contribution is -2.27. The molecule has 7 nitrogen and oxygen atoms in total. The van der Waals surface area contributed by atoms with Gasteiger partial charge in [0, 0.05) is 6.54 Å². The smallest absolute Gasteiger partial charge is 0.224 e. The molecule has 1 aromatic rings. The standard InChI is InChI=1S/C9H10N2O5S2/c12-8-11-18(15,16)10-6-7-17(13,14)9-4-2-1-3-5-9/h1-5,10H,6-7H2. The lowest BCUT2D eigenvalue weighted by Gasteiger charge is -2.04. The third-order valence-electron chi connectivity index (χ3n) is 1.92. The number of nitrogens with zero attached hydrogens (tertiary/aromatic N) is 1. The Kier molecular flexibility index (Phi) is 4.74. The average Bonchev–Trinajstić information content (AvgIpc) is 2.29. The molecule has 0 heterocycles. The van der Waals surface area contributed by atoms with Gasteiger partial charge in [-0.1, -0.05) is 22.6 Å². The van der Waals surface area contributed by atoms with Crippen LogP contribution in [0.25, 0.3) is 0 Å². The monoisotopic (exact) mass is 290 g/mol. The molecule has 0 aromatic heterocycles. The Bertz CT molecular complexity index is 645. The van der Waals surface area contributed by atoms with Crippen LogP contribution in [-0.4, -0.2) is 35.2 Å². The van der Waals surface area contributed by atoms with Crippen molar-refractivity contribution in [2.24, 2.45) is 4.40 Å². The molecule has 9 heteroatoms. The number of sulfone groups is 1. The van der Waals surface area contributed by atoms with Gasteiger partial charge in [0.1, 0.15) is 0 Å². The molecule has 0 bridgehead atoms. The van der Waals surface area contributed by atoms with Crippen molar-refractivity contribution in [2.45, 2.75) is 4.90 Å². The van der Waals surface area contributed by atoms with Gasteiger partial charge in [-0.25, -0.2) is 13.2 Å². The first kappa shape index (κ1) is 14.5. The molecular weight excluding hydrogens is 280 g/mol. The summed E-state index contributed by atoms with van der Waals surface area (Å²) in [4.78, 5) is 9.87. The van der Waals surface area contributed by atoms with Crippen molar-refractivity contribution in [2.75, 3.05) is 12.3 Å². The number of isocyanates is 1. The van der Waals surface area contributed by atoms with Crippen molar-refractivity contribution in [3.8, 4) is 0 Å². The molecule has 0 atom stereocenters. The van der Waals surface area contributed by atoms with Gasteiger partial charge in [-0.05, 0) is 12.1 Å². The molecule has 0 fully saturated rings. The highest BCUT2D eigenvalue weighted by molar-refractivity contribution is 7.91. The summed E-state index contributed by atoms with van der Waals surface area (Å²) in [7, 11) is -7.71. The van der Waals surface area contributed by atoms with Crippen molar-refractivity contribution in [1.82, 2.24) is 4.72 Å². The fourth-order valence-electron chi connectivity index (χ4n) is 1.13. The van der Waals surface area contributed by atoms with Crippen LogP contribution in [0.3, 0.4) is 0 Å². The fraction of sp³-hybridized carbons (Fsp3) is 0.222. The van der Waals surface area contributed by atoms with E-state index in [4.69, 9.17) is 0 Å². The van der Waals surface area contributed by atoms with Crippen molar-refractivity contribution in [3.63, 3.8) is 0 Å². The number of nitrogens with one attached hydrogen (secondary N) is 1. The molecule has 0 amide bonds. The van der Waals surface area contributed by atoms with Crippen LogP contribution in [0.5, 0.6) is 0 Å². The Hall–Kier alpha value is -1.54. The molecule has 0 spiro atoms. The Balaban J connectivity index is 2.68. The SMILES string of the molecule is O=C=NS(=O)(=O)NCCS(=O)(=O)c1ccccc1. The molecule has 0 saturated carbocycles. The molecule has 1 rings (SSSR count). The van der Waals surface area contributed by atoms with Gasteiger partial charge < -0.3 is 0 Å². The molecule has 0 radical (unpaired) electrons. The lowest BCUT2D eigenvalue weighted by molar-refractivity contribution is 0.562. The van der Waals surface area contributed by atoms with Gasteiger partial charge in [-0.2, -0.15) is 13.1 Å². The van der Waals surface area contributed by atoms with Gasteiger partial charge in [0.2, 0.25) is 0 Å². The highest BCUT2D eigenvalue weighted by atomic mass is 32.2. The Morgan fingerprint density at radius 2 is 1.72 bits per heavy atom. The van der Waals surface area contributed by atoms with Crippen molar-refractivity contribution < 1.29 is 21.6 Å². The Morgan fingerprint density at radius 1 is 1.11 bits per heavy atom. The first-order chi connectivity index (χ1) is 8.37. The zero-order chi connectivity index (χ0) is 13.6. The summed E-state index contributed by atoms with van der Waals surface area (Å²) in [6.45, 7) is -0.370. The topological polar surface area (TPSA) is 110 Å². The van der Waals surface area contributed by atoms with E-state index in [1.54, 1.807) is 18.2 Å². The Labute approximate surface area is 105 Å². The predicted octanol–water partition coefficient (Wildman–Crippen LogP) is -0.369. The van der Waals surface area contributed by atoms with Crippen LogP contribution < -0.4 is 4.72 Å². The third kappa shape index (κ3) is 4.38. The summed E-state index contributed by atoms with van der Waals surface area (Å²) in [5.41, 5.74) is 0. The zero-order valence-electron chi connectivity index (χ0n) is 9.11. The first-order valence-corrected chi connectivity index (χ1v) is 7.83. The van der Waals surface area contributed by atoms with Crippen LogP contribution in [0.1, 0.15) is 0 Å². The van der Waals surface area contributed by atoms with Crippen LogP contribution in [0, 0.1) is 0 Å². The third-order valence-corrected chi connectivity index (χ3v) is 4.53. The molecule has 1 aromatic carbocycles. The summed E-state index contributed by atoms with van der Waals surface area (Å²) in [6, 6.07) is 7.61. The molecule has 0 unspecified atom stereocenters. The highest BCUT2D eigenvalue weighted by Gasteiger charge is 2.15. The van der Waals surface area contributed by atoms with Crippen LogP contribution in [-0.2, 0) is 24.8 Å². The van der Waals surface area contributed by atoms with Crippen LogP contribution >= 0.6 is 0 Å². The average molecular weight is 290 g/mol. The van der Waals surface area contributed by atoms with Crippen molar-refractivity contribution in [1.29, 1.82) is 0 Å². The predicted molar refractivity (Wildman–Crippen MR) is 63.5 cm³/mol. The van der Waals surface area contributed by atoms with Crippen LogP contribution in [0.2, 0.25) is 0 Å². The van der Waals surface area contributed by atoms with Gasteiger partial charge >= 0.3 is 10.2 Å². The number of rotatable bonds is 6. The number of hydrogen-bond donors (Lipinski definition) is 1. The summed E-state index contributed by atoms with van der Waals surface area (Å²) >= 11 is 0. The van der Waals surface area contributed by atoms with E-state index < -0.39 is 25.8 Å². The summed E-state index contributed by atoms with van der Waals surface area (Å²) < 4.78 is 49.7. The van der Waals surface area contributed by atoms with Crippen molar-refractivity contribution >= 4 is 26.1 Å². The van der Waals surface area contributed by atoms with E-state index in [1.165, 1.54) is 12.1 Å². The van der Waals surface area contributed by atoms with E-state index in [0.717, 1.165) is 6.08 Å². The molecule has 0 aliphatic rings. The fourth-order valence-corrected chi connectivity index (χ4v) is 2.96. The number of carbonyl (C=O) groups excluding carboxylic acids is 1. The van der Waals surface area contributed by atoms with Gasteiger partial charge in [-0.15, -0.1) is 0 Å². The van der Waals surface area contributed by atoms with E-state index in [1.807, 2.05) is 4.72 Å². The second-order valence-corrected chi connectivity index (χ2v) is 6.71. The molecular formula is C9H10N2O5S2. The Morgan fingerprint density at radius 3 is 2.28 bits per heavy atom. The molecule has 1 N–H and O–H groups in total. The van der Waals surface area contributed by atoms with Gasteiger partial charge in [-0.3, -0.25) is 0 Å². The highest BCUT2D eigenvalue weighted by Crippen LogP contribution is 2.09. The van der Waals surface area contributed by atoms with Gasteiger partial charge in [0.25, 0.3) is 6.08 Å². The van der Waals surface area contributed by atoms with E-state index in [-0.39, 0.29) is 11.4 Å². The normalized spacial score (nSPS) is 11.8. The molecule has 0 aliphatic carbocycles. The quantitative estimate of drug-likeness (QED) is 0.568. The minimum atomic E-state index is -4.15. The van der Waals surface area contributed by atoms with E-state index >= 15 is 0 Å². The molecule has 0 aliphatic heterocycles.